The maximum atomic E-state index is 13.6. The van der Waals surface area contributed by atoms with E-state index in [1.54, 1.807) is 6.07 Å². The summed E-state index contributed by atoms with van der Waals surface area (Å²) in [5.41, 5.74) is -0.519. The molecule has 6 heteroatoms. The Morgan fingerprint density at radius 2 is 1.71 bits per heavy atom. The molecule has 106 valence electrons. The van der Waals surface area contributed by atoms with Crippen molar-refractivity contribution in [2.75, 3.05) is 0 Å². The van der Waals surface area contributed by atoms with Gasteiger partial charge in [-0.15, -0.1) is 0 Å². The quantitative estimate of drug-likeness (QED) is 0.763. The Hall–Kier alpha value is -1.96. The van der Waals surface area contributed by atoms with E-state index in [9.17, 15) is 13.6 Å². The van der Waals surface area contributed by atoms with Crippen LogP contribution in [0, 0.1) is 23.0 Å². The van der Waals surface area contributed by atoms with Crippen LogP contribution in [0.5, 0.6) is 0 Å². The number of Topliss-reactive ketones (excluding diaryl/α,β-unsaturated/α-hetero) is 1. The molecule has 0 aliphatic heterocycles. The largest absolute Gasteiger partial charge is 0.292 e. The lowest BCUT2D eigenvalue weighted by molar-refractivity contribution is 0.0970. The van der Waals surface area contributed by atoms with E-state index in [-0.39, 0.29) is 15.6 Å². The number of rotatable bonds is 3. The third-order valence-corrected chi connectivity index (χ3v) is 3.62. The van der Waals surface area contributed by atoms with Gasteiger partial charge >= 0.3 is 0 Å². The topological polar surface area (TPSA) is 40.9 Å². The number of nitrogens with zero attached hydrogens (tertiary/aromatic N) is 1. The summed E-state index contributed by atoms with van der Waals surface area (Å²) in [6.07, 6.45) is 0. The Morgan fingerprint density at radius 1 is 1.10 bits per heavy atom. The summed E-state index contributed by atoms with van der Waals surface area (Å²) in [5.74, 6) is -4.36. The number of benzene rings is 2. The van der Waals surface area contributed by atoms with Gasteiger partial charge in [-0.25, -0.2) is 8.78 Å². The van der Waals surface area contributed by atoms with E-state index in [1.807, 2.05) is 0 Å². The van der Waals surface area contributed by atoms with Gasteiger partial charge in [0.25, 0.3) is 0 Å². The van der Waals surface area contributed by atoms with Crippen LogP contribution in [0.15, 0.2) is 36.4 Å². The van der Waals surface area contributed by atoms with Gasteiger partial charge < -0.3 is 0 Å². The Bertz CT molecular complexity index is 736. The number of nitriles is 1. The Labute approximate surface area is 129 Å². The maximum absolute atomic E-state index is 13.6. The van der Waals surface area contributed by atoms with Crippen LogP contribution in [-0.4, -0.2) is 5.78 Å². The highest BCUT2D eigenvalue weighted by molar-refractivity contribution is 6.42. The van der Waals surface area contributed by atoms with Gasteiger partial charge in [-0.3, -0.25) is 4.79 Å². The lowest BCUT2D eigenvalue weighted by atomic mass is 9.91. The number of hydrogen-bond acceptors (Lipinski definition) is 2. The zero-order valence-electron chi connectivity index (χ0n) is 10.4. The molecule has 0 radical (unpaired) electrons. The molecule has 1 unspecified atom stereocenters. The van der Waals surface area contributed by atoms with E-state index in [1.165, 1.54) is 18.2 Å². The molecule has 2 rings (SSSR count). The molecule has 0 heterocycles. The molecular weight excluding hydrogens is 319 g/mol. The minimum absolute atomic E-state index is 0.149. The van der Waals surface area contributed by atoms with Crippen molar-refractivity contribution in [3.05, 3.63) is 69.2 Å². The van der Waals surface area contributed by atoms with E-state index in [0.717, 1.165) is 18.2 Å². The fourth-order valence-electron chi connectivity index (χ4n) is 1.85. The minimum Gasteiger partial charge on any atom is -0.292 e. The van der Waals surface area contributed by atoms with Crippen LogP contribution in [-0.2, 0) is 0 Å². The molecule has 0 fully saturated rings. The fourth-order valence-corrected chi connectivity index (χ4v) is 2.16. The number of ketones is 1. The van der Waals surface area contributed by atoms with E-state index in [2.05, 4.69) is 0 Å². The highest BCUT2D eigenvalue weighted by Crippen LogP contribution is 2.29. The first-order valence-corrected chi connectivity index (χ1v) is 6.54. The minimum atomic E-state index is -1.37. The van der Waals surface area contributed by atoms with Crippen molar-refractivity contribution in [1.82, 2.24) is 0 Å². The first-order valence-electron chi connectivity index (χ1n) is 5.78. The Balaban J connectivity index is 2.49. The summed E-state index contributed by atoms with van der Waals surface area (Å²) in [5, 5.41) is 9.56. The second kappa shape index (κ2) is 6.21. The van der Waals surface area contributed by atoms with Crippen molar-refractivity contribution in [2.45, 2.75) is 5.92 Å². The SMILES string of the molecule is N#CC(C(=O)c1c(F)cccc1F)c1ccc(Cl)c(Cl)c1. The van der Waals surface area contributed by atoms with Crippen LogP contribution in [0.25, 0.3) is 0 Å². The van der Waals surface area contributed by atoms with Gasteiger partial charge in [-0.05, 0) is 29.8 Å². The van der Waals surface area contributed by atoms with Crippen LogP contribution in [0.2, 0.25) is 10.0 Å². The van der Waals surface area contributed by atoms with Crippen molar-refractivity contribution in [3.63, 3.8) is 0 Å². The number of carbonyl (C=O) groups is 1. The van der Waals surface area contributed by atoms with Crippen LogP contribution < -0.4 is 0 Å². The second-order valence-corrected chi connectivity index (χ2v) is 5.01. The van der Waals surface area contributed by atoms with E-state index >= 15 is 0 Å². The third-order valence-electron chi connectivity index (χ3n) is 2.88. The number of carbonyl (C=O) groups excluding carboxylic acids is 1. The smallest absolute Gasteiger partial charge is 0.190 e. The fraction of sp³-hybridized carbons (Fsp3) is 0.0667. The molecule has 0 aliphatic carbocycles. The summed E-state index contributed by atoms with van der Waals surface area (Å²) >= 11 is 11.6. The molecule has 1 atom stereocenters. The van der Waals surface area contributed by atoms with Gasteiger partial charge in [0.05, 0.1) is 21.7 Å². The molecule has 0 N–H and O–H groups in total. The zero-order valence-corrected chi connectivity index (χ0v) is 11.9. The van der Waals surface area contributed by atoms with Crippen molar-refractivity contribution in [2.24, 2.45) is 0 Å². The molecule has 0 saturated heterocycles. The van der Waals surface area contributed by atoms with Gasteiger partial charge in [0, 0.05) is 0 Å². The monoisotopic (exact) mass is 325 g/mol. The first kappa shape index (κ1) is 15.4. The summed E-state index contributed by atoms with van der Waals surface area (Å²) < 4.78 is 27.3. The van der Waals surface area contributed by atoms with Crippen molar-refractivity contribution in [3.8, 4) is 6.07 Å². The van der Waals surface area contributed by atoms with Crippen LogP contribution in [0.4, 0.5) is 8.78 Å². The number of hydrogen-bond donors (Lipinski definition) is 0. The van der Waals surface area contributed by atoms with Gasteiger partial charge in [0.1, 0.15) is 17.6 Å². The van der Waals surface area contributed by atoms with Crippen LogP contribution in [0.3, 0.4) is 0 Å². The maximum Gasteiger partial charge on any atom is 0.190 e. The third kappa shape index (κ3) is 3.05. The number of halogens is 4. The van der Waals surface area contributed by atoms with Gasteiger partial charge in [-0.2, -0.15) is 5.26 Å². The molecule has 0 amide bonds. The molecule has 2 nitrogen and oxygen atoms in total. The Morgan fingerprint density at radius 3 is 2.24 bits per heavy atom. The summed E-state index contributed by atoms with van der Waals surface area (Å²) in [4.78, 5) is 12.2. The molecule has 0 bridgehead atoms. The zero-order chi connectivity index (χ0) is 15.6. The highest BCUT2D eigenvalue weighted by Gasteiger charge is 2.27. The van der Waals surface area contributed by atoms with Crippen molar-refractivity contribution < 1.29 is 13.6 Å². The summed E-state index contributed by atoms with van der Waals surface area (Å²) in [7, 11) is 0. The van der Waals surface area contributed by atoms with E-state index in [4.69, 9.17) is 28.5 Å². The van der Waals surface area contributed by atoms with Gasteiger partial charge in [-0.1, -0.05) is 35.3 Å². The molecule has 2 aromatic carbocycles. The second-order valence-electron chi connectivity index (χ2n) is 4.20. The lowest BCUT2D eigenvalue weighted by Crippen LogP contribution is -2.15. The van der Waals surface area contributed by atoms with Crippen LogP contribution >= 0.6 is 23.2 Å². The van der Waals surface area contributed by atoms with Crippen LogP contribution in [0.1, 0.15) is 21.8 Å². The van der Waals surface area contributed by atoms with Gasteiger partial charge in [0.2, 0.25) is 0 Å². The lowest BCUT2D eigenvalue weighted by Gasteiger charge is -2.11. The highest BCUT2D eigenvalue weighted by atomic mass is 35.5. The van der Waals surface area contributed by atoms with Crippen molar-refractivity contribution >= 4 is 29.0 Å². The molecule has 0 saturated carbocycles. The van der Waals surface area contributed by atoms with Crippen molar-refractivity contribution in [1.29, 1.82) is 5.26 Å². The molecule has 0 aromatic heterocycles. The predicted molar refractivity (Wildman–Crippen MR) is 75.5 cm³/mol. The molecule has 0 spiro atoms. The predicted octanol–water partition coefficient (Wildman–Crippen LogP) is 4.76. The average Bonchev–Trinajstić information content (AvgIpc) is 2.43. The molecule has 0 aliphatic rings. The van der Waals surface area contributed by atoms with Gasteiger partial charge in [0.15, 0.2) is 5.78 Å². The van der Waals surface area contributed by atoms with E-state index in [0.29, 0.717) is 0 Å². The summed E-state index contributed by atoms with van der Waals surface area (Å²) in [6.45, 7) is 0. The standard InChI is InChI=1S/C15H7Cl2F2NO/c16-10-5-4-8(6-11(10)17)9(7-20)15(21)14-12(18)2-1-3-13(14)19/h1-6,9H. The first-order chi connectivity index (χ1) is 9.95. The normalized spacial score (nSPS) is 11.8. The molecule has 2 aromatic rings. The molecular formula is C15H7Cl2F2NO. The molecule has 21 heavy (non-hydrogen) atoms. The Kier molecular flexibility index (Phi) is 4.56. The summed E-state index contributed by atoms with van der Waals surface area (Å²) in [6, 6.07) is 8.94. The average molecular weight is 326 g/mol. The van der Waals surface area contributed by atoms with E-state index < -0.39 is 28.9 Å².